The van der Waals surface area contributed by atoms with E-state index in [4.69, 9.17) is 18.7 Å². The topological polar surface area (TPSA) is 78.6 Å². The molecule has 1 aromatic heterocycles. The normalized spacial score (nSPS) is 17.5. The first-order chi connectivity index (χ1) is 10.8. The minimum Gasteiger partial charge on any atom is -0.493 e. The number of ether oxygens (including phenoxy) is 3. The Morgan fingerprint density at radius 2 is 1.86 bits per heavy atom. The third kappa shape index (κ3) is 2.59. The lowest BCUT2D eigenvalue weighted by atomic mass is 10.1. The molecule has 1 aliphatic heterocycles. The molecule has 0 saturated carbocycles. The van der Waals surface area contributed by atoms with Gasteiger partial charge in [0.15, 0.2) is 11.5 Å². The zero-order valence-electron chi connectivity index (χ0n) is 12.9. The van der Waals surface area contributed by atoms with Crippen LogP contribution in [-0.2, 0) is 0 Å². The molecule has 1 saturated heterocycles. The van der Waals surface area contributed by atoms with Crippen molar-refractivity contribution in [2.24, 2.45) is 0 Å². The Kier molecular flexibility index (Phi) is 4.15. The van der Waals surface area contributed by atoms with Gasteiger partial charge >= 0.3 is 0 Å². The average Bonchev–Trinajstić information content (AvgIpc) is 3.23. The zero-order chi connectivity index (χ0) is 15.5. The smallest absolute Gasteiger partial charge is 0.231 e. The number of rotatable bonds is 5. The van der Waals surface area contributed by atoms with Crippen LogP contribution in [-0.4, -0.2) is 44.6 Å². The van der Waals surface area contributed by atoms with Crippen molar-refractivity contribution in [2.75, 3.05) is 34.4 Å². The number of methoxy groups -OCH3 is 3. The fourth-order valence-corrected chi connectivity index (χ4v) is 2.59. The number of aromatic nitrogens is 2. The largest absolute Gasteiger partial charge is 0.493 e. The van der Waals surface area contributed by atoms with Crippen LogP contribution < -0.4 is 19.5 Å². The second-order valence-corrected chi connectivity index (χ2v) is 5.06. The van der Waals surface area contributed by atoms with E-state index >= 15 is 0 Å². The molecule has 1 aliphatic rings. The van der Waals surface area contributed by atoms with Crippen molar-refractivity contribution < 1.29 is 18.7 Å². The summed E-state index contributed by atoms with van der Waals surface area (Å²) in [4.78, 5) is 4.50. The van der Waals surface area contributed by atoms with Gasteiger partial charge in [0.25, 0.3) is 0 Å². The molecule has 1 fully saturated rings. The third-order valence-electron chi connectivity index (χ3n) is 3.77. The highest BCUT2D eigenvalue weighted by Gasteiger charge is 2.24. The predicted molar refractivity (Wildman–Crippen MR) is 79.6 cm³/mol. The van der Waals surface area contributed by atoms with Crippen molar-refractivity contribution in [1.82, 2.24) is 15.5 Å². The lowest BCUT2D eigenvalue weighted by Gasteiger charge is -2.12. The van der Waals surface area contributed by atoms with Crippen LogP contribution in [0.3, 0.4) is 0 Å². The fourth-order valence-electron chi connectivity index (χ4n) is 2.59. The Hall–Kier alpha value is -2.28. The van der Waals surface area contributed by atoms with Gasteiger partial charge in [0.2, 0.25) is 17.5 Å². The molecular formula is C15H19N3O4. The molecule has 0 unspecified atom stereocenters. The summed E-state index contributed by atoms with van der Waals surface area (Å²) in [5, 5.41) is 7.36. The van der Waals surface area contributed by atoms with Crippen LogP contribution >= 0.6 is 0 Å². The van der Waals surface area contributed by atoms with Gasteiger partial charge in [-0.3, -0.25) is 0 Å². The molecule has 0 spiro atoms. The number of hydrogen-bond donors (Lipinski definition) is 1. The van der Waals surface area contributed by atoms with Gasteiger partial charge in [-0.15, -0.1) is 0 Å². The van der Waals surface area contributed by atoms with Crippen molar-refractivity contribution >= 4 is 0 Å². The third-order valence-corrected chi connectivity index (χ3v) is 3.77. The highest BCUT2D eigenvalue weighted by atomic mass is 16.5. The monoisotopic (exact) mass is 305 g/mol. The van der Waals surface area contributed by atoms with Gasteiger partial charge in [-0.25, -0.2) is 0 Å². The number of nitrogens with zero attached hydrogens (tertiary/aromatic N) is 2. The van der Waals surface area contributed by atoms with Crippen LogP contribution in [0.2, 0.25) is 0 Å². The molecule has 3 rings (SSSR count). The predicted octanol–water partition coefficient (Wildman–Crippen LogP) is 1.84. The van der Waals surface area contributed by atoms with Crippen LogP contribution in [0.1, 0.15) is 18.2 Å². The van der Waals surface area contributed by atoms with E-state index in [0.717, 1.165) is 25.1 Å². The first kappa shape index (κ1) is 14.6. The Labute approximate surface area is 128 Å². The molecule has 2 heterocycles. The zero-order valence-corrected chi connectivity index (χ0v) is 12.9. The van der Waals surface area contributed by atoms with Crippen molar-refractivity contribution in [3.05, 3.63) is 18.0 Å². The molecule has 2 aromatic rings. The number of nitrogens with one attached hydrogen (secondary N) is 1. The minimum absolute atomic E-state index is 0.281. The van der Waals surface area contributed by atoms with Gasteiger partial charge in [-0.05, 0) is 25.1 Å². The molecule has 0 aliphatic carbocycles. The summed E-state index contributed by atoms with van der Waals surface area (Å²) in [6.07, 6.45) is 1.01. The van der Waals surface area contributed by atoms with Crippen LogP contribution in [0.4, 0.5) is 0 Å². The first-order valence-corrected chi connectivity index (χ1v) is 7.11. The van der Waals surface area contributed by atoms with Crippen molar-refractivity contribution in [3.8, 4) is 28.6 Å². The maximum Gasteiger partial charge on any atom is 0.231 e. The second kappa shape index (κ2) is 6.23. The van der Waals surface area contributed by atoms with Gasteiger partial charge < -0.3 is 24.1 Å². The highest BCUT2D eigenvalue weighted by Crippen LogP contribution is 2.40. The van der Waals surface area contributed by atoms with E-state index in [9.17, 15) is 0 Å². The van der Waals surface area contributed by atoms with E-state index in [1.807, 2.05) is 12.1 Å². The first-order valence-electron chi connectivity index (χ1n) is 7.11. The van der Waals surface area contributed by atoms with Gasteiger partial charge in [0.05, 0.1) is 27.2 Å². The van der Waals surface area contributed by atoms with Crippen molar-refractivity contribution in [1.29, 1.82) is 0 Å². The number of hydrogen-bond acceptors (Lipinski definition) is 7. The fraction of sp³-hybridized carbons (Fsp3) is 0.467. The van der Waals surface area contributed by atoms with E-state index in [-0.39, 0.29) is 5.92 Å². The lowest BCUT2D eigenvalue weighted by molar-refractivity contribution is 0.324. The molecule has 118 valence electrons. The molecule has 0 bridgehead atoms. The molecule has 1 aromatic carbocycles. The van der Waals surface area contributed by atoms with Gasteiger partial charge in [-0.2, -0.15) is 4.98 Å². The molecule has 22 heavy (non-hydrogen) atoms. The van der Waals surface area contributed by atoms with E-state index in [1.54, 1.807) is 21.3 Å². The van der Waals surface area contributed by atoms with E-state index < -0.39 is 0 Å². The second-order valence-electron chi connectivity index (χ2n) is 5.06. The summed E-state index contributed by atoms with van der Waals surface area (Å²) in [5.74, 6) is 3.12. The minimum atomic E-state index is 0.281. The Balaban J connectivity index is 1.97. The van der Waals surface area contributed by atoms with E-state index in [0.29, 0.717) is 29.0 Å². The summed E-state index contributed by atoms with van der Waals surface area (Å²) < 4.78 is 21.4. The van der Waals surface area contributed by atoms with Gasteiger partial charge in [-0.1, -0.05) is 5.16 Å². The Morgan fingerprint density at radius 1 is 1.14 bits per heavy atom. The summed E-state index contributed by atoms with van der Waals surface area (Å²) in [6.45, 7) is 1.85. The van der Waals surface area contributed by atoms with E-state index in [1.165, 1.54) is 0 Å². The van der Waals surface area contributed by atoms with Crippen molar-refractivity contribution in [2.45, 2.75) is 12.3 Å². The van der Waals surface area contributed by atoms with Crippen LogP contribution in [0.25, 0.3) is 11.4 Å². The molecule has 7 heteroatoms. The quantitative estimate of drug-likeness (QED) is 0.903. The Morgan fingerprint density at radius 3 is 2.41 bits per heavy atom. The van der Waals surface area contributed by atoms with Crippen LogP contribution in [0, 0.1) is 0 Å². The van der Waals surface area contributed by atoms with E-state index in [2.05, 4.69) is 15.5 Å². The van der Waals surface area contributed by atoms with Gasteiger partial charge in [0.1, 0.15) is 0 Å². The molecule has 0 radical (unpaired) electrons. The maximum absolute atomic E-state index is 5.39. The molecule has 1 N–H and O–H groups in total. The molecular weight excluding hydrogens is 286 g/mol. The summed E-state index contributed by atoms with van der Waals surface area (Å²) in [6, 6.07) is 3.62. The molecule has 0 amide bonds. The summed E-state index contributed by atoms with van der Waals surface area (Å²) >= 11 is 0. The molecule has 7 nitrogen and oxygen atoms in total. The average molecular weight is 305 g/mol. The summed E-state index contributed by atoms with van der Waals surface area (Å²) in [5.41, 5.74) is 0.760. The number of benzene rings is 1. The maximum atomic E-state index is 5.39. The highest BCUT2D eigenvalue weighted by molar-refractivity contribution is 5.66. The van der Waals surface area contributed by atoms with Crippen LogP contribution in [0.15, 0.2) is 16.7 Å². The van der Waals surface area contributed by atoms with Crippen molar-refractivity contribution in [3.63, 3.8) is 0 Å². The standard InChI is InChI=1S/C15H19N3O4/c1-19-11-6-10(7-12(20-2)13(11)21-3)14-17-15(22-18-14)9-4-5-16-8-9/h6-7,9,16H,4-5,8H2,1-3H3/t9-/m0/s1. The summed E-state index contributed by atoms with van der Waals surface area (Å²) in [7, 11) is 4.72. The molecule has 1 atom stereocenters. The van der Waals surface area contributed by atoms with Crippen LogP contribution in [0.5, 0.6) is 17.2 Å². The Bertz CT molecular complexity index is 625. The van der Waals surface area contributed by atoms with Gasteiger partial charge in [0, 0.05) is 12.1 Å². The lowest BCUT2D eigenvalue weighted by Crippen LogP contribution is -2.08. The SMILES string of the molecule is COc1cc(-c2noc([C@H]3CCNC3)n2)cc(OC)c1OC.